The molecule has 1 saturated carbocycles. The first kappa shape index (κ1) is 18.6. The SMILES string of the molecule is O=C(C[C@@H](CCCC1CCCCC1)c1ncc(-c2cccnc2)o1)NO. The van der Waals surface area contributed by atoms with Crippen molar-refractivity contribution in [3.63, 3.8) is 0 Å². The van der Waals surface area contributed by atoms with Crippen LogP contribution >= 0.6 is 0 Å². The summed E-state index contributed by atoms with van der Waals surface area (Å²) in [6.07, 6.45) is 15.0. The Labute approximate surface area is 154 Å². The Morgan fingerprint density at radius 3 is 2.88 bits per heavy atom. The Bertz CT molecular complexity index is 681. The third-order valence-electron chi connectivity index (χ3n) is 5.27. The van der Waals surface area contributed by atoms with Crippen molar-refractivity contribution in [3.05, 3.63) is 36.6 Å². The van der Waals surface area contributed by atoms with E-state index < -0.39 is 5.91 Å². The Balaban J connectivity index is 1.63. The van der Waals surface area contributed by atoms with Gasteiger partial charge in [-0.15, -0.1) is 0 Å². The molecule has 26 heavy (non-hydrogen) atoms. The molecule has 0 bridgehead atoms. The lowest BCUT2D eigenvalue weighted by Crippen LogP contribution is -2.21. The zero-order valence-electron chi connectivity index (χ0n) is 15.1. The predicted molar refractivity (Wildman–Crippen MR) is 97.4 cm³/mol. The highest BCUT2D eigenvalue weighted by molar-refractivity contribution is 5.75. The first-order chi connectivity index (χ1) is 12.8. The normalized spacial score (nSPS) is 16.3. The second-order valence-corrected chi connectivity index (χ2v) is 7.18. The van der Waals surface area contributed by atoms with Crippen LogP contribution in [0, 0.1) is 5.92 Å². The number of carbonyl (C=O) groups is 1. The van der Waals surface area contributed by atoms with Gasteiger partial charge in [0.15, 0.2) is 11.7 Å². The minimum atomic E-state index is -0.409. The summed E-state index contributed by atoms with van der Waals surface area (Å²) in [5, 5.41) is 8.88. The fourth-order valence-corrected chi connectivity index (χ4v) is 3.83. The summed E-state index contributed by atoms with van der Waals surface area (Å²) in [6, 6.07) is 3.76. The highest BCUT2D eigenvalue weighted by Gasteiger charge is 2.22. The van der Waals surface area contributed by atoms with Gasteiger partial charge in [-0.1, -0.05) is 44.9 Å². The molecule has 0 unspecified atom stereocenters. The van der Waals surface area contributed by atoms with Crippen molar-refractivity contribution in [2.75, 3.05) is 0 Å². The van der Waals surface area contributed by atoms with Crippen molar-refractivity contribution in [3.8, 4) is 11.3 Å². The number of pyridine rings is 1. The molecule has 2 aromatic heterocycles. The molecule has 140 valence electrons. The highest BCUT2D eigenvalue weighted by Crippen LogP contribution is 2.32. The highest BCUT2D eigenvalue weighted by atomic mass is 16.5. The van der Waals surface area contributed by atoms with Crippen LogP contribution in [-0.4, -0.2) is 21.1 Å². The van der Waals surface area contributed by atoms with Crippen LogP contribution in [0.5, 0.6) is 0 Å². The van der Waals surface area contributed by atoms with Gasteiger partial charge in [0.1, 0.15) is 0 Å². The third kappa shape index (κ3) is 5.14. The van der Waals surface area contributed by atoms with E-state index >= 15 is 0 Å². The number of nitrogens with zero attached hydrogens (tertiary/aromatic N) is 2. The number of carbonyl (C=O) groups excluding carboxylic acids is 1. The molecule has 1 aliphatic rings. The van der Waals surface area contributed by atoms with Crippen LogP contribution in [0.25, 0.3) is 11.3 Å². The summed E-state index contributed by atoms with van der Waals surface area (Å²) in [7, 11) is 0. The number of hydroxylamine groups is 1. The van der Waals surface area contributed by atoms with E-state index in [2.05, 4.69) is 9.97 Å². The number of oxazole rings is 1. The van der Waals surface area contributed by atoms with Crippen LogP contribution in [0.3, 0.4) is 0 Å². The molecule has 3 rings (SSSR count). The average Bonchev–Trinajstić information content (AvgIpc) is 3.19. The quantitative estimate of drug-likeness (QED) is 0.538. The zero-order chi connectivity index (χ0) is 18.2. The van der Waals surface area contributed by atoms with Crippen LogP contribution < -0.4 is 5.48 Å². The molecular formula is C20H27N3O3. The van der Waals surface area contributed by atoms with Crippen molar-refractivity contribution in [2.45, 2.75) is 63.7 Å². The summed E-state index contributed by atoms with van der Waals surface area (Å²) in [4.78, 5) is 20.2. The van der Waals surface area contributed by atoms with Crippen LogP contribution in [0.2, 0.25) is 0 Å². The van der Waals surface area contributed by atoms with Gasteiger partial charge in [0, 0.05) is 30.3 Å². The topological polar surface area (TPSA) is 88.2 Å². The van der Waals surface area contributed by atoms with Crippen molar-refractivity contribution >= 4 is 5.91 Å². The molecular weight excluding hydrogens is 330 g/mol. The maximum absolute atomic E-state index is 11.7. The number of hydrogen-bond acceptors (Lipinski definition) is 5. The van der Waals surface area contributed by atoms with E-state index in [1.54, 1.807) is 24.1 Å². The van der Waals surface area contributed by atoms with Gasteiger partial charge in [0.25, 0.3) is 0 Å². The monoisotopic (exact) mass is 357 g/mol. The van der Waals surface area contributed by atoms with E-state index in [4.69, 9.17) is 9.62 Å². The molecule has 2 aromatic rings. The zero-order valence-corrected chi connectivity index (χ0v) is 15.1. The number of hydrogen-bond donors (Lipinski definition) is 2. The van der Waals surface area contributed by atoms with Gasteiger partial charge in [-0.25, -0.2) is 10.5 Å². The van der Waals surface area contributed by atoms with E-state index in [1.165, 1.54) is 38.5 Å². The summed E-state index contributed by atoms with van der Waals surface area (Å²) in [6.45, 7) is 0. The largest absolute Gasteiger partial charge is 0.440 e. The summed E-state index contributed by atoms with van der Waals surface area (Å²) < 4.78 is 5.91. The summed E-state index contributed by atoms with van der Waals surface area (Å²) in [5.74, 6) is 1.47. The lowest BCUT2D eigenvalue weighted by atomic mass is 9.84. The molecule has 1 atom stereocenters. The Hall–Kier alpha value is -2.21. The number of aromatic nitrogens is 2. The first-order valence-electron chi connectivity index (χ1n) is 9.55. The van der Waals surface area contributed by atoms with Crippen molar-refractivity contribution in [1.29, 1.82) is 0 Å². The van der Waals surface area contributed by atoms with Gasteiger partial charge in [-0.2, -0.15) is 0 Å². The molecule has 6 heteroatoms. The molecule has 1 amide bonds. The predicted octanol–water partition coefficient (Wildman–Crippen LogP) is 4.47. The lowest BCUT2D eigenvalue weighted by molar-refractivity contribution is -0.129. The summed E-state index contributed by atoms with van der Waals surface area (Å²) in [5.41, 5.74) is 2.59. The average molecular weight is 357 g/mol. The van der Waals surface area contributed by atoms with Gasteiger partial charge >= 0.3 is 0 Å². The van der Waals surface area contributed by atoms with Crippen LogP contribution in [-0.2, 0) is 4.79 Å². The maximum Gasteiger partial charge on any atom is 0.244 e. The smallest absolute Gasteiger partial charge is 0.244 e. The van der Waals surface area contributed by atoms with E-state index in [-0.39, 0.29) is 12.3 Å². The van der Waals surface area contributed by atoms with E-state index in [0.717, 1.165) is 24.3 Å². The fourth-order valence-electron chi connectivity index (χ4n) is 3.83. The van der Waals surface area contributed by atoms with Gasteiger partial charge < -0.3 is 4.42 Å². The van der Waals surface area contributed by atoms with Crippen LogP contribution in [0.1, 0.15) is 69.6 Å². The summed E-state index contributed by atoms with van der Waals surface area (Å²) >= 11 is 0. The number of rotatable bonds is 8. The molecule has 2 N–H and O–H groups in total. The van der Waals surface area contributed by atoms with Crippen molar-refractivity contribution < 1.29 is 14.4 Å². The second kappa shape index (κ2) is 9.48. The Kier molecular flexibility index (Phi) is 6.77. The number of nitrogens with one attached hydrogen (secondary N) is 1. The van der Waals surface area contributed by atoms with Crippen molar-refractivity contribution in [1.82, 2.24) is 15.4 Å². The molecule has 0 aromatic carbocycles. The minimum Gasteiger partial charge on any atom is -0.440 e. The van der Waals surface area contributed by atoms with Crippen molar-refractivity contribution in [2.24, 2.45) is 5.92 Å². The standard InChI is InChI=1S/C20H27N3O3/c24-19(23-25)12-16(9-4-8-15-6-2-1-3-7-15)20-22-14-18(26-20)17-10-5-11-21-13-17/h5,10-11,13-16,25H,1-4,6-9,12H2,(H,23,24)/t16-/m1/s1. The van der Waals surface area contributed by atoms with Gasteiger partial charge in [-0.05, 0) is 24.5 Å². The molecule has 0 radical (unpaired) electrons. The molecule has 6 nitrogen and oxygen atoms in total. The van der Waals surface area contributed by atoms with E-state index in [1.807, 2.05) is 12.1 Å². The number of amides is 1. The van der Waals surface area contributed by atoms with Crippen LogP contribution in [0.4, 0.5) is 0 Å². The fraction of sp³-hybridized carbons (Fsp3) is 0.550. The van der Waals surface area contributed by atoms with Crippen LogP contribution in [0.15, 0.2) is 35.1 Å². The third-order valence-corrected chi connectivity index (χ3v) is 5.27. The molecule has 0 aliphatic heterocycles. The minimum absolute atomic E-state index is 0.129. The van der Waals surface area contributed by atoms with E-state index in [9.17, 15) is 4.79 Å². The molecule has 2 heterocycles. The van der Waals surface area contributed by atoms with Gasteiger partial charge in [0.05, 0.1) is 6.20 Å². The first-order valence-corrected chi connectivity index (χ1v) is 9.55. The second-order valence-electron chi connectivity index (χ2n) is 7.18. The molecule has 0 saturated heterocycles. The molecule has 1 fully saturated rings. The molecule has 1 aliphatic carbocycles. The maximum atomic E-state index is 11.7. The van der Waals surface area contributed by atoms with Gasteiger partial charge in [-0.3, -0.25) is 15.0 Å². The lowest BCUT2D eigenvalue weighted by Gasteiger charge is -2.22. The Morgan fingerprint density at radius 2 is 2.15 bits per heavy atom. The van der Waals surface area contributed by atoms with Gasteiger partial charge in [0.2, 0.25) is 5.91 Å². The molecule has 0 spiro atoms. The van der Waals surface area contributed by atoms with E-state index in [0.29, 0.717) is 11.7 Å². The Morgan fingerprint density at radius 1 is 1.31 bits per heavy atom.